The molecule has 6 nitrogen and oxygen atoms in total. The van der Waals surface area contributed by atoms with Crippen LogP contribution in [0, 0.1) is 5.92 Å². The van der Waals surface area contributed by atoms with Gasteiger partial charge in [0.1, 0.15) is 5.03 Å². The number of para-hydroxylation sites is 1. The highest BCUT2D eigenvalue weighted by molar-refractivity contribution is 7.99. The number of rotatable bonds is 6. The molecule has 0 saturated heterocycles. The summed E-state index contributed by atoms with van der Waals surface area (Å²) in [6.07, 6.45) is -2.80. The van der Waals surface area contributed by atoms with Crippen LogP contribution in [0.3, 0.4) is 0 Å². The summed E-state index contributed by atoms with van der Waals surface area (Å²) >= 11 is 1.03. The predicted molar refractivity (Wildman–Crippen MR) is 94.2 cm³/mol. The maximum atomic E-state index is 12.9. The molecule has 1 aliphatic carbocycles. The van der Waals surface area contributed by atoms with Gasteiger partial charge in [0.05, 0.1) is 17.0 Å². The largest absolute Gasteiger partial charge is 0.418 e. The van der Waals surface area contributed by atoms with Gasteiger partial charge < -0.3 is 10.6 Å². The van der Waals surface area contributed by atoms with Gasteiger partial charge in [0, 0.05) is 5.92 Å². The van der Waals surface area contributed by atoms with Crippen molar-refractivity contribution < 1.29 is 22.8 Å². The van der Waals surface area contributed by atoms with Gasteiger partial charge in [0.25, 0.3) is 0 Å². The number of hydrogen-bond acceptors (Lipinski definition) is 5. The van der Waals surface area contributed by atoms with E-state index in [2.05, 4.69) is 20.8 Å². The molecule has 2 N–H and O–H groups in total. The number of benzene rings is 1. The molecule has 2 amide bonds. The first-order valence-corrected chi connectivity index (χ1v) is 9.05. The molecular weight excluding hydrogens is 381 g/mol. The predicted octanol–water partition coefficient (Wildman–Crippen LogP) is 3.57. The second-order valence-corrected chi connectivity index (χ2v) is 6.90. The Hall–Kier alpha value is -2.62. The lowest BCUT2D eigenvalue weighted by Crippen LogP contribution is -2.18. The average Bonchev–Trinajstić information content (AvgIpc) is 3.46. The molecule has 1 aromatic carbocycles. The summed E-state index contributed by atoms with van der Waals surface area (Å²) in [7, 11) is 0. The summed E-state index contributed by atoms with van der Waals surface area (Å²) in [6.45, 7) is 0. The van der Waals surface area contributed by atoms with Crippen molar-refractivity contribution in [2.24, 2.45) is 5.92 Å². The van der Waals surface area contributed by atoms with Crippen LogP contribution in [-0.4, -0.2) is 27.8 Å². The lowest BCUT2D eigenvalue weighted by atomic mass is 10.1. The van der Waals surface area contributed by atoms with Crippen molar-refractivity contribution in [3.63, 3.8) is 0 Å². The minimum absolute atomic E-state index is 0.0455. The monoisotopic (exact) mass is 396 g/mol. The number of hydrogen-bond donors (Lipinski definition) is 2. The van der Waals surface area contributed by atoms with Gasteiger partial charge in [0.2, 0.25) is 11.8 Å². The highest BCUT2D eigenvalue weighted by atomic mass is 32.2. The van der Waals surface area contributed by atoms with Gasteiger partial charge in [-0.15, -0.1) is 10.2 Å². The molecule has 1 fully saturated rings. The van der Waals surface area contributed by atoms with Crippen molar-refractivity contribution in [2.45, 2.75) is 24.0 Å². The van der Waals surface area contributed by atoms with Gasteiger partial charge >= 0.3 is 6.18 Å². The Morgan fingerprint density at radius 2 is 1.81 bits per heavy atom. The van der Waals surface area contributed by atoms with E-state index in [9.17, 15) is 22.8 Å². The Balaban J connectivity index is 1.53. The first-order chi connectivity index (χ1) is 12.8. The smallest absolute Gasteiger partial charge is 0.325 e. The van der Waals surface area contributed by atoms with E-state index in [0.717, 1.165) is 30.7 Å². The molecule has 0 atom stereocenters. The van der Waals surface area contributed by atoms with Gasteiger partial charge in [-0.1, -0.05) is 23.9 Å². The fourth-order valence-corrected chi connectivity index (χ4v) is 2.82. The normalized spacial score (nSPS) is 13.9. The number of halogens is 3. The molecule has 1 aliphatic rings. The van der Waals surface area contributed by atoms with E-state index in [1.54, 1.807) is 12.1 Å². The first kappa shape index (κ1) is 19.2. The summed E-state index contributed by atoms with van der Waals surface area (Å²) in [5.74, 6) is -0.449. The zero-order valence-electron chi connectivity index (χ0n) is 13.9. The molecule has 1 saturated carbocycles. The van der Waals surface area contributed by atoms with Crippen LogP contribution in [0.1, 0.15) is 18.4 Å². The number of nitrogens with zero attached hydrogens (tertiary/aromatic N) is 2. The summed E-state index contributed by atoms with van der Waals surface area (Å²) in [4.78, 5) is 23.6. The quantitative estimate of drug-likeness (QED) is 0.730. The zero-order chi connectivity index (χ0) is 19.4. The zero-order valence-corrected chi connectivity index (χ0v) is 14.7. The van der Waals surface area contributed by atoms with Crippen molar-refractivity contribution in [1.29, 1.82) is 0 Å². The first-order valence-electron chi connectivity index (χ1n) is 8.06. The average molecular weight is 396 g/mol. The lowest BCUT2D eigenvalue weighted by Gasteiger charge is -2.13. The molecule has 10 heteroatoms. The van der Waals surface area contributed by atoms with Gasteiger partial charge in [-0.25, -0.2) is 0 Å². The van der Waals surface area contributed by atoms with Crippen LogP contribution in [0.4, 0.5) is 24.7 Å². The maximum Gasteiger partial charge on any atom is 0.418 e. The third-order valence-corrected chi connectivity index (χ3v) is 4.62. The van der Waals surface area contributed by atoms with E-state index in [-0.39, 0.29) is 23.3 Å². The molecule has 0 aliphatic heterocycles. The summed E-state index contributed by atoms with van der Waals surface area (Å²) in [5.41, 5.74) is -1.20. The highest BCUT2D eigenvalue weighted by Crippen LogP contribution is 2.34. The number of thioether (sulfide) groups is 1. The number of aromatic nitrogens is 2. The molecule has 1 aromatic heterocycles. The molecule has 2 aromatic rings. The minimum atomic E-state index is -4.55. The summed E-state index contributed by atoms with van der Waals surface area (Å²) < 4.78 is 38.8. The number of nitrogens with one attached hydrogen (secondary N) is 2. The number of amides is 2. The van der Waals surface area contributed by atoms with Crippen LogP contribution in [0.5, 0.6) is 0 Å². The van der Waals surface area contributed by atoms with Crippen molar-refractivity contribution in [3.05, 3.63) is 42.0 Å². The fourth-order valence-electron chi connectivity index (χ4n) is 2.20. The SMILES string of the molecule is O=C(CSc1ccc(NC(=O)C2CC2)nn1)Nc1ccccc1C(F)(F)F. The summed E-state index contributed by atoms with van der Waals surface area (Å²) in [6, 6.07) is 7.92. The number of carbonyl (C=O) groups is 2. The Bertz CT molecular complexity index is 839. The van der Waals surface area contributed by atoms with E-state index in [1.165, 1.54) is 18.2 Å². The number of anilines is 2. The summed E-state index contributed by atoms with van der Waals surface area (Å²) in [5, 5.41) is 13.1. The fraction of sp³-hybridized carbons (Fsp3) is 0.294. The van der Waals surface area contributed by atoms with Crippen LogP contribution in [0.15, 0.2) is 41.4 Å². The van der Waals surface area contributed by atoms with E-state index in [1.807, 2.05) is 0 Å². The highest BCUT2D eigenvalue weighted by Gasteiger charge is 2.33. The second-order valence-electron chi connectivity index (χ2n) is 5.90. The second kappa shape index (κ2) is 7.95. The Morgan fingerprint density at radius 3 is 2.44 bits per heavy atom. The standard InChI is InChI=1S/C17H15F3N4O2S/c18-17(19,20)11-3-1-2-4-12(11)21-14(25)9-27-15-8-7-13(23-24-15)22-16(26)10-5-6-10/h1-4,7-8,10H,5-6,9H2,(H,21,25)(H,22,23,26). The molecular formula is C17H15F3N4O2S. The molecule has 1 heterocycles. The van der Waals surface area contributed by atoms with Crippen LogP contribution in [0.25, 0.3) is 0 Å². The van der Waals surface area contributed by atoms with Gasteiger partial charge in [-0.3, -0.25) is 9.59 Å². The van der Waals surface area contributed by atoms with E-state index >= 15 is 0 Å². The van der Waals surface area contributed by atoms with Crippen molar-refractivity contribution >= 4 is 35.1 Å². The molecule has 0 unspecified atom stereocenters. The maximum absolute atomic E-state index is 12.9. The van der Waals surface area contributed by atoms with Gasteiger partial charge in [-0.2, -0.15) is 13.2 Å². The van der Waals surface area contributed by atoms with Crippen LogP contribution in [-0.2, 0) is 15.8 Å². The third-order valence-electron chi connectivity index (χ3n) is 3.70. The van der Waals surface area contributed by atoms with E-state index in [0.29, 0.717) is 10.8 Å². The van der Waals surface area contributed by atoms with Crippen molar-refractivity contribution in [1.82, 2.24) is 10.2 Å². The molecule has 142 valence electrons. The molecule has 3 rings (SSSR count). The number of carbonyl (C=O) groups excluding carboxylic acids is 2. The molecule has 27 heavy (non-hydrogen) atoms. The molecule has 0 bridgehead atoms. The number of alkyl halides is 3. The van der Waals surface area contributed by atoms with Crippen LogP contribution < -0.4 is 10.6 Å². The van der Waals surface area contributed by atoms with Gasteiger partial charge in [0.15, 0.2) is 5.82 Å². The van der Waals surface area contributed by atoms with Gasteiger partial charge in [-0.05, 0) is 37.1 Å². The van der Waals surface area contributed by atoms with E-state index in [4.69, 9.17) is 0 Å². The lowest BCUT2D eigenvalue weighted by molar-refractivity contribution is -0.137. The Morgan fingerprint density at radius 1 is 1.07 bits per heavy atom. The van der Waals surface area contributed by atoms with E-state index < -0.39 is 17.6 Å². The molecule has 0 radical (unpaired) electrons. The topological polar surface area (TPSA) is 84.0 Å². The third kappa shape index (κ3) is 5.43. The molecule has 0 spiro atoms. The van der Waals surface area contributed by atoms with Crippen molar-refractivity contribution in [2.75, 3.05) is 16.4 Å². The van der Waals surface area contributed by atoms with Crippen LogP contribution >= 0.6 is 11.8 Å². The Kier molecular flexibility index (Phi) is 5.64. The van der Waals surface area contributed by atoms with Crippen LogP contribution in [0.2, 0.25) is 0 Å². The minimum Gasteiger partial charge on any atom is -0.325 e. The Labute approximate surface area is 156 Å². The van der Waals surface area contributed by atoms with Crippen molar-refractivity contribution in [3.8, 4) is 0 Å².